The first-order chi connectivity index (χ1) is 14.1. The summed E-state index contributed by atoms with van der Waals surface area (Å²) >= 11 is 0. The zero-order chi connectivity index (χ0) is 20.9. The number of ether oxygens (including phenoxy) is 2. The van der Waals surface area contributed by atoms with Crippen LogP contribution in [0.15, 0.2) is 60.7 Å². The van der Waals surface area contributed by atoms with Crippen molar-refractivity contribution >= 4 is 12.2 Å². The Labute approximate surface area is 171 Å². The summed E-state index contributed by atoms with van der Waals surface area (Å²) in [6, 6.07) is 17.8. The van der Waals surface area contributed by atoms with Crippen molar-refractivity contribution in [3.63, 3.8) is 0 Å². The van der Waals surface area contributed by atoms with E-state index < -0.39 is 18.2 Å². The molecule has 156 valence electrons. The van der Waals surface area contributed by atoms with Crippen LogP contribution in [-0.4, -0.2) is 35.0 Å². The Morgan fingerprint density at radius 2 is 1.52 bits per heavy atom. The fourth-order valence-corrected chi connectivity index (χ4v) is 2.67. The van der Waals surface area contributed by atoms with Gasteiger partial charge in [0.25, 0.3) is 0 Å². The number of nitrogens with zero attached hydrogens (tertiary/aromatic N) is 1. The zero-order valence-corrected chi connectivity index (χ0v) is 16.6. The van der Waals surface area contributed by atoms with Gasteiger partial charge in [-0.2, -0.15) is 0 Å². The number of carbonyl (C=O) groups excluding carboxylic acids is 2. The Morgan fingerprint density at radius 3 is 2.03 bits per heavy atom. The van der Waals surface area contributed by atoms with Gasteiger partial charge in [-0.15, -0.1) is 0 Å². The van der Waals surface area contributed by atoms with Crippen molar-refractivity contribution in [3.05, 3.63) is 71.8 Å². The third-order valence-corrected chi connectivity index (χ3v) is 4.29. The Morgan fingerprint density at radius 1 is 0.966 bits per heavy atom. The second-order valence-corrected chi connectivity index (χ2v) is 6.56. The molecule has 0 heterocycles. The van der Waals surface area contributed by atoms with Crippen molar-refractivity contribution in [3.8, 4) is 0 Å². The van der Waals surface area contributed by atoms with Gasteiger partial charge in [0, 0.05) is 0 Å². The minimum atomic E-state index is -0.791. The fraction of sp³-hybridized carbons (Fsp3) is 0.364. The van der Waals surface area contributed by atoms with E-state index in [1.807, 2.05) is 67.6 Å². The van der Waals surface area contributed by atoms with E-state index in [2.05, 4.69) is 5.43 Å². The number of benzene rings is 2. The number of hydrogen-bond donors (Lipinski definition) is 2. The predicted octanol–water partition coefficient (Wildman–Crippen LogP) is 4.02. The molecular formula is C22H28N2O5. The molecule has 0 fully saturated rings. The molecule has 29 heavy (non-hydrogen) atoms. The molecule has 2 N–H and O–H groups in total. The number of aliphatic hydroxyl groups is 1. The van der Waals surface area contributed by atoms with E-state index in [4.69, 9.17) is 9.47 Å². The molecule has 2 amide bonds. The molecule has 2 aromatic rings. The molecule has 0 unspecified atom stereocenters. The summed E-state index contributed by atoms with van der Waals surface area (Å²) in [6.07, 6.45) is 0.656. The smallest absolute Gasteiger partial charge is 0.429 e. The molecule has 2 rings (SSSR count). The van der Waals surface area contributed by atoms with E-state index in [0.29, 0.717) is 6.42 Å². The number of hydrogen-bond acceptors (Lipinski definition) is 5. The maximum atomic E-state index is 12.6. The van der Waals surface area contributed by atoms with Crippen molar-refractivity contribution in [1.29, 1.82) is 0 Å². The van der Waals surface area contributed by atoms with Crippen molar-refractivity contribution in [1.82, 2.24) is 10.4 Å². The molecule has 0 aliphatic carbocycles. The van der Waals surface area contributed by atoms with Crippen LogP contribution < -0.4 is 5.43 Å². The van der Waals surface area contributed by atoms with Gasteiger partial charge < -0.3 is 14.6 Å². The number of rotatable bonds is 9. The topological polar surface area (TPSA) is 88.1 Å². The van der Waals surface area contributed by atoms with Crippen LogP contribution in [0.1, 0.15) is 37.3 Å². The van der Waals surface area contributed by atoms with Gasteiger partial charge >= 0.3 is 12.2 Å². The van der Waals surface area contributed by atoms with Crippen molar-refractivity contribution < 1.29 is 24.2 Å². The van der Waals surface area contributed by atoms with Gasteiger partial charge in [0.05, 0.1) is 12.6 Å². The lowest BCUT2D eigenvalue weighted by Gasteiger charge is -2.29. The summed E-state index contributed by atoms with van der Waals surface area (Å²) in [5.74, 6) is 0. The molecule has 2 aromatic carbocycles. The zero-order valence-electron chi connectivity index (χ0n) is 16.6. The monoisotopic (exact) mass is 400 g/mol. The van der Waals surface area contributed by atoms with Gasteiger partial charge in [0.1, 0.15) is 13.2 Å². The number of unbranched alkanes of at least 4 members (excludes halogenated alkanes) is 1. The Balaban J connectivity index is 1.98. The number of amides is 2. The van der Waals surface area contributed by atoms with Gasteiger partial charge in [0.2, 0.25) is 0 Å². The van der Waals surface area contributed by atoms with Gasteiger partial charge in [-0.25, -0.2) is 20.0 Å². The summed E-state index contributed by atoms with van der Waals surface area (Å²) in [5.41, 5.74) is 4.07. The molecule has 7 heteroatoms. The highest BCUT2D eigenvalue weighted by molar-refractivity contribution is 5.74. The molecule has 0 aliphatic heterocycles. The molecule has 0 bridgehead atoms. The summed E-state index contributed by atoms with van der Waals surface area (Å²) in [5, 5.41) is 10.8. The molecule has 0 spiro atoms. The van der Waals surface area contributed by atoms with Crippen LogP contribution in [0.4, 0.5) is 9.59 Å². The average Bonchev–Trinajstić information content (AvgIpc) is 2.77. The summed E-state index contributed by atoms with van der Waals surface area (Å²) in [6.45, 7) is 1.83. The second-order valence-electron chi connectivity index (χ2n) is 6.56. The lowest BCUT2D eigenvalue weighted by Crippen LogP contribution is -2.53. The molecule has 0 saturated heterocycles. The summed E-state index contributed by atoms with van der Waals surface area (Å²) in [7, 11) is 0. The van der Waals surface area contributed by atoms with E-state index in [0.717, 1.165) is 29.0 Å². The number of carbonyl (C=O) groups is 2. The molecule has 0 aromatic heterocycles. The molecular weight excluding hydrogens is 372 g/mol. The minimum absolute atomic E-state index is 0.0584. The lowest BCUT2D eigenvalue weighted by atomic mass is 10.1. The highest BCUT2D eigenvalue weighted by atomic mass is 16.6. The van der Waals surface area contributed by atoms with Gasteiger partial charge in [0.15, 0.2) is 0 Å². The van der Waals surface area contributed by atoms with E-state index in [9.17, 15) is 14.7 Å². The third kappa shape index (κ3) is 7.83. The van der Waals surface area contributed by atoms with Crippen molar-refractivity contribution in [2.75, 3.05) is 6.61 Å². The van der Waals surface area contributed by atoms with Gasteiger partial charge in [-0.05, 0) is 17.5 Å². The van der Waals surface area contributed by atoms with E-state index >= 15 is 0 Å². The quantitative estimate of drug-likeness (QED) is 0.621. The fourth-order valence-electron chi connectivity index (χ4n) is 2.67. The first kappa shape index (κ1) is 22.2. The van der Waals surface area contributed by atoms with Crippen LogP contribution in [0.2, 0.25) is 0 Å². The number of hydrazine groups is 1. The molecule has 7 nitrogen and oxygen atoms in total. The maximum absolute atomic E-state index is 12.6. The van der Waals surface area contributed by atoms with E-state index in [-0.39, 0.29) is 19.8 Å². The normalized spacial score (nSPS) is 11.4. The average molecular weight is 400 g/mol. The second kappa shape index (κ2) is 12.4. The Kier molecular flexibility index (Phi) is 9.51. The molecule has 0 aliphatic rings. The van der Waals surface area contributed by atoms with Crippen molar-refractivity contribution in [2.24, 2.45) is 0 Å². The van der Waals surface area contributed by atoms with Gasteiger partial charge in [-0.3, -0.25) is 0 Å². The Hall–Kier alpha value is -3.06. The van der Waals surface area contributed by atoms with Crippen LogP contribution in [-0.2, 0) is 22.7 Å². The number of aliphatic hydroxyl groups excluding tert-OH is 1. The Bertz CT molecular complexity index is 739. The first-order valence-electron chi connectivity index (χ1n) is 9.72. The molecule has 0 saturated carbocycles. The van der Waals surface area contributed by atoms with Crippen LogP contribution in [0.25, 0.3) is 0 Å². The maximum Gasteiger partial charge on any atom is 0.429 e. The highest BCUT2D eigenvalue weighted by Crippen LogP contribution is 2.11. The third-order valence-electron chi connectivity index (χ3n) is 4.29. The SMILES string of the molecule is CCCC[C@@H](CO)N(NC(=O)OCc1ccccc1)C(=O)OCc1ccccc1. The lowest BCUT2D eigenvalue weighted by molar-refractivity contribution is 0.0295. The predicted molar refractivity (Wildman–Crippen MR) is 109 cm³/mol. The van der Waals surface area contributed by atoms with Crippen LogP contribution >= 0.6 is 0 Å². The molecule has 0 radical (unpaired) electrons. The molecule has 1 atom stereocenters. The standard InChI is InChI=1S/C22H28N2O5/c1-2-3-14-20(15-25)24(22(27)29-17-19-12-8-5-9-13-19)23-21(26)28-16-18-10-6-4-7-11-18/h4-13,20,25H,2-3,14-17H2,1H3,(H,23,26)/t20-/m0/s1. The number of nitrogens with one attached hydrogen (secondary N) is 1. The van der Waals surface area contributed by atoms with Crippen LogP contribution in [0.5, 0.6) is 0 Å². The van der Waals surface area contributed by atoms with Crippen LogP contribution in [0, 0.1) is 0 Å². The summed E-state index contributed by atoms with van der Waals surface area (Å²) < 4.78 is 10.5. The van der Waals surface area contributed by atoms with E-state index in [1.54, 1.807) is 0 Å². The minimum Gasteiger partial charge on any atom is -0.443 e. The van der Waals surface area contributed by atoms with Crippen molar-refractivity contribution in [2.45, 2.75) is 45.4 Å². The largest absolute Gasteiger partial charge is 0.443 e. The summed E-state index contributed by atoms with van der Waals surface area (Å²) in [4.78, 5) is 24.8. The highest BCUT2D eigenvalue weighted by Gasteiger charge is 2.27. The van der Waals surface area contributed by atoms with E-state index in [1.165, 1.54) is 0 Å². The van der Waals surface area contributed by atoms with Gasteiger partial charge in [-0.1, -0.05) is 80.4 Å². The van der Waals surface area contributed by atoms with Crippen LogP contribution in [0.3, 0.4) is 0 Å². The first-order valence-corrected chi connectivity index (χ1v) is 9.72.